The van der Waals surface area contributed by atoms with Crippen molar-refractivity contribution < 1.29 is 19.4 Å². The summed E-state index contributed by atoms with van der Waals surface area (Å²) in [5, 5.41) is 11.8. The van der Waals surface area contributed by atoms with Crippen molar-refractivity contribution in [2.45, 2.75) is 40.2 Å². The van der Waals surface area contributed by atoms with Crippen LogP contribution in [0.15, 0.2) is 0 Å². The van der Waals surface area contributed by atoms with Gasteiger partial charge in [0.05, 0.1) is 25.7 Å². The first-order chi connectivity index (χ1) is 9.21. The molecule has 6 nitrogen and oxygen atoms in total. The number of carboxylic acids is 1. The Labute approximate surface area is 120 Å². The van der Waals surface area contributed by atoms with Crippen LogP contribution in [0.3, 0.4) is 0 Å². The first-order valence-corrected chi connectivity index (χ1v) is 7.06. The van der Waals surface area contributed by atoms with E-state index in [1.165, 1.54) is 0 Å². The summed E-state index contributed by atoms with van der Waals surface area (Å²) >= 11 is 0. The Kier molecular flexibility index (Phi) is 5.80. The van der Waals surface area contributed by atoms with E-state index in [9.17, 15) is 9.59 Å². The molecule has 0 aliphatic carbocycles. The zero-order chi connectivity index (χ0) is 15.3. The highest BCUT2D eigenvalue weighted by atomic mass is 16.5. The highest BCUT2D eigenvalue weighted by Crippen LogP contribution is 2.24. The summed E-state index contributed by atoms with van der Waals surface area (Å²) in [6.45, 7) is 10.2. The number of carboxylic acid groups (broad SMARTS) is 1. The number of hydrogen-bond donors (Lipinski definition) is 2. The zero-order valence-electron chi connectivity index (χ0n) is 12.8. The Morgan fingerprint density at radius 3 is 2.65 bits per heavy atom. The molecule has 0 aromatic carbocycles. The van der Waals surface area contributed by atoms with Crippen molar-refractivity contribution in [2.24, 2.45) is 11.3 Å². The van der Waals surface area contributed by atoms with Crippen LogP contribution in [0.25, 0.3) is 0 Å². The second-order valence-corrected chi connectivity index (χ2v) is 6.47. The fourth-order valence-electron chi connectivity index (χ4n) is 1.94. The summed E-state index contributed by atoms with van der Waals surface area (Å²) in [5.41, 5.74) is 0.124. The third-order valence-corrected chi connectivity index (χ3v) is 3.94. The minimum atomic E-state index is -0.915. The van der Waals surface area contributed by atoms with Gasteiger partial charge in [-0.3, -0.25) is 4.79 Å². The summed E-state index contributed by atoms with van der Waals surface area (Å²) in [6.07, 6.45) is -0.0811. The predicted molar refractivity (Wildman–Crippen MR) is 75.6 cm³/mol. The van der Waals surface area contributed by atoms with Crippen LogP contribution in [0, 0.1) is 11.3 Å². The van der Waals surface area contributed by atoms with E-state index >= 15 is 0 Å². The van der Waals surface area contributed by atoms with Crippen molar-refractivity contribution in [3.05, 3.63) is 0 Å². The number of aliphatic carboxylic acids is 1. The van der Waals surface area contributed by atoms with E-state index in [1.54, 1.807) is 4.90 Å². The minimum absolute atomic E-state index is 0.0811. The number of carbonyl (C=O) groups excluding carboxylic acids is 1. The molecule has 1 aliphatic rings. The van der Waals surface area contributed by atoms with Crippen LogP contribution in [0.4, 0.5) is 4.79 Å². The molecule has 0 aromatic heterocycles. The standard InChI is InChI=1S/C14H26N2O4/c1-10(14(2,3)4)8-15-13(19)16-5-6-20-9-11(16)7-12(17)18/h10-11H,5-9H2,1-4H3,(H,15,19)(H,17,18). The van der Waals surface area contributed by atoms with Gasteiger partial charge in [0.15, 0.2) is 0 Å². The van der Waals surface area contributed by atoms with Crippen LogP contribution < -0.4 is 5.32 Å². The highest BCUT2D eigenvalue weighted by molar-refractivity contribution is 5.76. The van der Waals surface area contributed by atoms with Crippen LogP contribution in [-0.2, 0) is 9.53 Å². The molecule has 116 valence electrons. The van der Waals surface area contributed by atoms with Gasteiger partial charge in [-0.1, -0.05) is 27.7 Å². The molecular formula is C14H26N2O4. The summed E-state index contributed by atoms with van der Waals surface area (Å²) in [4.78, 5) is 24.6. The molecule has 2 atom stereocenters. The van der Waals surface area contributed by atoms with E-state index < -0.39 is 5.97 Å². The number of nitrogens with zero attached hydrogens (tertiary/aromatic N) is 1. The molecule has 1 heterocycles. The third kappa shape index (κ3) is 5.00. The molecule has 1 rings (SSSR count). The van der Waals surface area contributed by atoms with Gasteiger partial charge in [-0.15, -0.1) is 0 Å². The van der Waals surface area contributed by atoms with Crippen LogP contribution >= 0.6 is 0 Å². The summed E-state index contributed by atoms with van der Waals surface area (Å²) < 4.78 is 5.26. The molecule has 1 saturated heterocycles. The number of hydrogen-bond acceptors (Lipinski definition) is 3. The molecule has 0 radical (unpaired) electrons. The Morgan fingerprint density at radius 1 is 1.45 bits per heavy atom. The minimum Gasteiger partial charge on any atom is -0.481 e. The fraction of sp³-hybridized carbons (Fsp3) is 0.857. The largest absolute Gasteiger partial charge is 0.481 e. The van der Waals surface area contributed by atoms with Gasteiger partial charge in [0.2, 0.25) is 0 Å². The maximum atomic E-state index is 12.2. The molecule has 20 heavy (non-hydrogen) atoms. The molecule has 1 aliphatic heterocycles. The number of nitrogens with one attached hydrogen (secondary N) is 1. The monoisotopic (exact) mass is 286 g/mol. The lowest BCUT2D eigenvalue weighted by Gasteiger charge is -2.35. The molecule has 2 N–H and O–H groups in total. The van der Waals surface area contributed by atoms with Crippen LogP contribution in [0.2, 0.25) is 0 Å². The molecular weight excluding hydrogens is 260 g/mol. The predicted octanol–water partition coefficient (Wildman–Crippen LogP) is 1.55. The number of ether oxygens (including phenoxy) is 1. The van der Waals surface area contributed by atoms with Gasteiger partial charge in [0.1, 0.15) is 0 Å². The summed E-state index contributed by atoms with van der Waals surface area (Å²) in [7, 11) is 0. The van der Waals surface area contributed by atoms with Crippen molar-refractivity contribution in [3.8, 4) is 0 Å². The van der Waals surface area contributed by atoms with E-state index in [2.05, 4.69) is 33.0 Å². The molecule has 0 bridgehead atoms. The zero-order valence-corrected chi connectivity index (χ0v) is 12.8. The van der Waals surface area contributed by atoms with Crippen molar-refractivity contribution in [3.63, 3.8) is 0 Å². The first-order valence-electron chi connectivity index (χ1n) is 7.06. The van der Waals surface area contributed by atoms with Crippen molar-refractivity contribution in [1.82, 2.24) is 10.2 Å². The Balaban J connectivity index is 2.53. The van der Waals surface area contributed by atoms with E-state index in [-0.39, 0.29) is 30.5 Å². The van der Waals surface area contributed by atoms with Crippen molar-refractivity contribution in [1.29, 1.82) is 0 Å². The summed E-state index contributed by atoms with van der Waals surface area (Å²) in [6, 6.07) is -0.582. The van der Waals surface area contributed by atoms with Gasteiger partial charge in [0, 0.05) is 13.1 Å². The maximum absolute atomic E-state index is 12.2. The van der Waals surface area contributed by atoms with Gasteiger partial charge in [-0.05, 0) is 11.3 Å². The van der Waals surface area contributed by atoms with Gasteiger partial charge in [0.25, 0.3) is 0 Å². The molecule has 0 saturated carbocycles. The van der Waals surface area contributed by atoms with E-state index in [0.717, 1.165) is 0 Å². The van der Waals surface area contributed by atoms with Crippen LogP contribution in [-0.4, -0.2) is 54.4 Å². The number of morpholine rings is 1. The number of amides is 2. The maximum Gasteiger partial charge on any atom is 0.317 e. The lowest BCUT2D eigenvalue weighted by molar-refractivity contribution is -0.139. The Hall–Kier alpha value is -1.30. The summed E-state index contributed by atoms with van der Waals surface area (Å²) in [5.74, 6) is -0.577. The van der Waals surface area contributed by atoms with Gasteiger partial charge >= 0.3 is 12.0 Å². The second-order valence-electron chi connectivity index (χ2n) is 6.47. The van der Waals surface area contributed by atoms with E-state index in [4.69, 9.17) is 9.84 Å². The normalized spacial score (nSPS) is 21.4. The molecule has 6 heteroatoms. The Bertz CT molecular complexity index is 352. The number of carbonyl (C=O) groups is 2. The lowest BCUT2D eigenvalue weighted by Crippen LogP contribution is -2.54. The van der Waals surface area contributed by atoms with Gasteiger partial charge in [-0.2, -0.15) is 0 Å². The van der Waals surface area contributed by atoms with Crippen LogP contribution in [0.1, 0.15) is 34.1 Å². The van der Waals surface area contributed by atoms with E-state index in [0.29, 0.717) is 25.6 Å². The topological polar surface area (TPSA) is 78.9 Å². The van der Waals surface area contributed by atoms with Gasteiger partial charge in [-0.25, -0.2) is 4.79 Å². The Morgan fingerprint density at radius 2 is 2.10 bits per heavy atom. The lowest BCUT2D eigenvalue weighted by atomic mass is 9.82. The third-order valence-electron chi connectivity index (χ3n) is 3.94. The average molecular weight is 286 g/mol. The van der Waals surface area contributed by atoms with Crippen molar-refractivity contribution in [2.75, 3.05) is 26.3 Å². The molecule has 1 fully saturated rings. The molecule has 2 amide bonds. The van der Waals surface area contributed by atoms with Crippen LogP contribution in [0.5, 0.6) is 0 Å². The van der Waals surface area contributed by atoms with Crippen molar-refractivity contribution >= 4 is 12.0 Å². The fourth-order valence-corrected chi connectivity index (χ4v) is 1.94. The second kappa shape index (κ2) is 6.92. The SMILES string of the molecule is CC(CNC(=O)N1CCOCC1CC(=O)O)C(C)(C)C. The molecule has 2 unspecified atom stereocenters. The average Bonchev–Trinajstić information content (AvgIpc) is 2.34. The number of urea groups is 1. The highest BCUT2D eigenvalue weighted by Gasteiger charge is 2.29. The number of rotatable bonds is 4. The molecule has 0 aromatic rings. The van der Waals surface area contributed by atoms with E-state index in [1.807, 2.05) is 0 Å². The molecule has 0 spiro atoms. The smallest absolute Gasteiger partial charge is 0.317 e. The van der Waals surface area contributed by atoms with Gasteiger partial charge < -0.3 is 20.1 Å². The quantitative estimate of drug-likeness (QED) is 0.822. The first kappa shape index (κ1) is 16.8.